The fourth-order valence-corrected chi connectivity index (χ4v) is 2.46. The molecule has 0 radical (unpaired) electrons. The number of rotatable bonds is 3. The summed E-state index contributed by atoms with van der Waals surface area (Å²) in [5.74, 6) is -0.298. The maximum absolute atomic E-state index is 14.3. The minimum atomic E-state index is -0.593. The highest BCUT2D eigenvalue weighted by molar-refractivity contribution is 7.72. The molecule has 0 aliphatic heterocycles. The molecule has 2 rings (SSSR count). The van der Waals surface area contributed by atoms with Crippen LogP contribution in [0.5, 0.6) is 5.75 Å². The molecule has 1 heterocycles. The smallest absolute Gasteiger partial charge is 0.201 e. The fraction of sp³-hybridized carbons (Fsp3) is 0.308. The number of aryl methyl sites for hydroxylation is 1. The molecule has 0 aliphatic carbocycles. The van der Waals surface area contributed by atoms with Crippen molar-refractivity contribution in [2.45, 2.75) is 20.0 Å². The van der Waals surface area contributed by atoms with Crippen molar-refractivity contribution in [1.29, 1.82) is 5.26 Å². The Hall–Kier alpha value is -1.98. The summed E-state index contributed by atoms with van der Waals surface area (Å²) in [5.41, 5.74) is 0.277. The molecule has 0 amide bonds. The number of nitrogens with zero attached hydrogens (tertiary/aromatic N) is 3. The highest BCUT2D eigenvalue weighted by atomic mass is 32.1. The standard InChI is InChI=1S/C13H13FN4OS2/c1-7(2)19-11-5-10(9(14)4-8(11)6-15)18-12(20)16-17(3)13(18)21/h4-5,7H,1-3H3,(H,16,20). The summed E-state index contributed by atoms with van der Waals surface area (Å²) in [5, 5.41) is 11.9. The first-order chi connectivity index (χ1) is 9.85. The van der Waals surface area contributed by atoms with Gasteiger partial charge in [-0.15, -0.1) is 0 Å². The number of H-pyrrole nitrogens is 1. The molecule has 0 spiro atoms. The zero-order chi connectivity index (χ0) is 15.7. The molecule has 0 bridgehead atoms. The van der Waals surface area contributed by atoms with E-state index in [1.165, 1.54) is 15.3 Å². The van der Waals surface area contributed by atoms with E-state index in [0.717, 1.165) is 6.07 Å². The highest BCUT2D eigenvalue weighted by Crippen LogP contribution is 2.26. The molecule has 0 saturated heterocycles. The number of aromatic nitrogens is 3. The number of benzene rings is 1. The van der Waals surface area contributed by atoms with Crippen molar-refractivity contribution in [3.8, 4) is 17.5 Å². The number of hydrogen-bond acceptors (Lipinski definition) is 4. The molecule has 1 N–H and O–H groups in total. The molecule has 8 heteroatoms. The van der Waals surface area contributed by atoms with Crippen LogP contribution in [0.25, 0.3) is 5.69 Å². The molecule has 1 aromatic heterocycles. The van der Waals surface area contributed by atoms with Gasteiger partial charge in [0.15, 0.2) is 4.77 Å². The normalized spacial score (nSPS) is 10.7. The van der Waals surface area contributed by atoms with Gasteiger partial charge in [-0.25, -0.2) is 4.39 Å². The molecule has 0 atom stereocenters. The Morgan fingerprint density at radius 1 is 1.38 bits per heavy atom. The van der Waals surface area contributed by atoms with Gasteiger partial charge >= 0.3 is 0 Å². The van der Waals surface area contributed by atoms with Crippen LogP contribution in [0, 0.1) is 26.7 Å². The van der Waals surface area contributed by atoms with Gasteiger partial charge in [-0.1, -0.05) is 0 Å². The highest BCUT2D eigenvalue weighted by Gasteiger charge is 2.15. The summed E-state index contributed by atoms with van der Waals surface area (Å²) < 4.78 is 23.3. The third-order valence-corrected chi connectivity index (χ3v) is 3.45. The van der Waals surface area contributed by atoms with Crippen molar-refractivity contribution in [2.75, 3.05) is 0 Å². The van der Waals surface area contributed by atoms with E-state index in [1.807, 2.05) is 19.9 Å². The SMILES string of the molecule is CC(C)Oc1cc(-n2c(=S)[nH]n(C)c2=S)c(F)cc1C#N. The number of halogens is 1. The Labute approximate surface area is 131 Å². The second-order valence-corrected chi connectivity index (χ2v) is 5.42. The van der Waals surface area contributed by atoms with Gasteiger partial charge in [-0.3, -0.25) is 14.3 Å². The zero-order valence-electron chi connectivity index (χ0n) is 11.7. The van der Waals surface area contributed by atoms with E-state index in [1.54, 1.807) is 7.05 Å². The van der Waals surface area contributed by atoms with Gasteiger partial charge in [0.1, 0.15) is 17.6 Å². The molecule has 1 aromatic carbocycles. The van der Waals surface area contributed by atoms with Gasteiger partial charge in [0.2, 0.25) is 4.77 Å². The molecular formula is C13H13FN4OS2. The lowest BCUT2D eigenvalue weighted by molar-refractivity contribution is 0.241. The molecule has 110 valence electrons. The van der Waals surface area contributed by atoms with Crippen LogP contribution < -0.4 is 4.74 Å². The van der Waals surface area contributed by atoms with Gasteiger partial charge in [0, 0.05) is 13.1 Å². The Kier molecular flexibility index (Phi) is 4.25. The fourth-order valence-electron chi connectivity index (χ4n) is 1.84. The Balaban J connectivity index is 2.73. The average molecular weight is 324 g/mol. The van der Waals surface area contributed by atoms with E-state index in [4.69, 9.17) is 34.4 Å². The first-order valence-electron chi connectivity index (χ1n) is 6.14. The summed E-state index contributed by atoms with van der Waals surface area (Å²) >= 11 is 10.3. The van der Waals surface area contributed by atoms with Crippen molar-refractivity contribution in [2.24, 2.45) is 7.05 Å². The molecule has 0 unspecified atom stereocenters. The van der Waals surface area contributed by atoms with Crippen molar-refractivity contribution >= 4 is 24.4 Å². The molecule has 0 saturated carbocycles. The predicted molar refractivity (Wildman–Crippen MR) is 81.2 cm³/mol. The zero-order valence-corrected chi connectivity index (χ0v) is 13.3. The topological polar surface area (TPSA) is 58.7 Å². The molecule has 21 heavy (non-hydrogen) atoms. The van der Waals surface area contributed by atoms with Crippen LogP contribution in [0.4, 0.5) is 4.39 Å². The molecular weight excluding hydrogens is 311 g/mol. The maximum atomic E-state index is 14.3. The van der Waals surface area contributed by atoms with Crippen molar-refractivity contribution in [3.63, 3.8) is 0 Å². The van der Waals surface area contributed by atoms with Gasteiger partial charge in [-0.2, -0.15) is 5.26 Å². The lowest BCUT2D eigenvalue weighted by Gasteiger charge is -2.13. The van der Waals surface area contributed by atoms with Gasteiger partial charge in [0.05, 0.1) is 17.4 Å². The van der Waals surface area contributed by atoms with Crippen LogP contribution in [0.1, 0.15) is 19.4 Å². The van der Waals surface area contributed by atoms with E-state index in [0.29, 0.717) is 10.5 Å². The Morgan fingerprint density at radius 3 is 2.52 bits per heavy atom. The molecule has 5 nitrogen and oxygen atoms in total. The minimum absolute atomic E-state index is 0.127. The second kappa shape index (κ2) is 5.79. The lowest BCUT2D eigenvalue weighted by atomic mass is 10.2. The number of hydrogen-bond donors (Lipinski definition) is 1. The van der Waals surface area contributed by atoms with E-state index >= 15 is 0 Å². The monoisotopic (exact) mass is 324 g/mol. The van der Waals surface area contributed by atoms with E-state index in [2.05, 4.69) is 5.10 Å². The van der Waals surface area contributed by atoms with Crippen LogP contribution in [0.2, 0.25) is 0 Å². The van der Waals surface area contributed by atoms with Crippen molar-refractivity contribution in [1.82, 2.24) is 14.3 Å². The summed E-state index contributed by atoms with van der Waals surface area (Å²) in [6, 6.07) is 4.47. The minimum Gasteiger partial charge on any atom is -0.490 e. The Morgan fingerprint density at radius 2 is 2.05 bits per heavy atom. The van der Waals surface area contributed by atoms with Gasteiger partial charge < -0.3 is 4.74 Å². The maximum Gasteiger partial charge on any atom is 0.201 e. The van der Waals surface area contributed by atoms with E-state index in [-0.39, 0.29) is 22.1 Å². The third-order valence-electron chi connectivity index (χ3n) is 2.72. The largest absolute Gasteiger partial charge is 0.490 e. The average Bonchev–Trinajstić information content (AvgIpc) is 2.65. The quantitative estimate of drug-likeness (QED) is 0.879. The van der Waals surface area contributed by atoms with Crippen LogP contribution in [0.15, 0.2) is 12.1 Å². The first kappa shape index (κ1) is 15.4. The summed E-state index contributed by atoms with van der Waals surface area (Å²) in [6.45, 7) is 3.65. The first-order valence-corrected chi connectivity index (χ1v) is 6.95. The van der Waals surface area contributed by atoms with E-state index < -0.39 is 5.82 Å². The Bertz CT molecular complexity index is 841. The summed E-state index contributed by atoms with van der Waals surface area (Å²) in [6.07, 6.45) is -0.145. The van der Waals surface area contributed by atoms with E-state index in [9.17, 15) is 4.39 Å². The number of nitriles is 1. The summed E-state index contributed by atoms with van der Waals surface area (Å²) in [4.78, 5) is 0. The predicted octanol–water partition coefficient (Wildman–Crippen LogP) is 3.40. The second-order valence-electron chi connectivity index (χ2n) is 4.67. The van der Waals surface area contributed by atoms with Crippen LogP contribution >= 0.6 is 24.4 Å². The van der Waals surface area contributed by atoms with Crippen LogP contribution in [-0.2, 0) is 7.05 Å². The third kappa shape index (κ3) is 2.89. The van der Waals surface area contributed by atoms with Crippen LogP contribution in [-0.4, -0.2) is 20.5 Å². The number of aromatic amines is 1. The molecule has 0 aliphatic rings. The molecule has 0 fully saturated rings. The number of ether oxygens (including phenoxy) is 1. The summed E-state index contributed by atoms with van der Waals surface area (Å²) in [7, 11) is 1.68. The van der Waals surface area contributed by atoms with Crippen LogP contribution in [0.3, 0.4) is 0 Å². The van der Waals surface area contributed by atoms with Gasteiger partial charge in [0.25, 0.3) is 0 Å². The van der Waals surface area contributed by atoms with Crippen molar-refractivity contribution in [3.05, 3.63) is 33.1 Å². The molecule has 2 aromatic rings. The van der Waals surface area contributed by atoms with Gasteiger partial charge in [-0.05, 0) is 44.3 Å². The number of nitrogens with one attached hydrogen (secondary N) is 1. The lowest BCUT2D eigenvalue weighted by Crippen LogP contribution is -2.09. The van der Waals surface area contributed by atoms with Crippen molar-refractivity contribution < 1.29 is 9.13 Å².